The second-order valence-corrected chi connectivity index (χ2v) is 32.0. The van der Waals surface area contributed by atoms with Crippen LogP contribution in [0.25, 0.3) is 0 Å². The van der Waals surface area contributed by atoms with Gasteiger partial charge in [0, 0.05) is 25.7 Å². The molecule has 0 amide bonds. The number of phosphoric ester groups is 2. The number of aliphatic hydroxyl groups is 1. The Hall–Kier alpha value is -1.94. The molecule has 0 fully saturated rings. The third-order valence-corrected chi connectivity index (χ3v) is 21.0. The number of phosphoric acid groups is 2. The Balaban J connectivity index is 5.20. The van der Waals surface area contributed by atoms with E-state index in [2.05, 4.69) is 34.6 Å². The fraction of sp³-hybridized carbons (Fsp3) is 0.950. The highest BCUT2D eigenvalue weighted by molar-refractivity contribution is 7.47. The van der Waals surface area contributed by atoms with E-state index < -0.39 is 97.5 Å². The SMILES string of the molecule is CCCCCCCCCCCCCCCCCCCCCCCC(=O)O[C@H](COC(=O)CCCCCCCCCCCCCCCCC)COP(=O)(O)OC[C@@H](O)COP(=O)(O)OC[C@@H](COC(=O)CCCCCCCCCCC)OC(=O)CCCCCCCCCCCCC(C)CC. The number of unbranched alkanes of at least 4 members (excludes halogenated alkanes) is 51. The number of carbonyl (C=O) groups excluding carboxylic acids is 4. The third kappa shape index (κ3) is 72.8. The van der Waals surface area contributed by atoms with E-state index in [0.717, 1.165) is 95.8 Å². The molecular formula is C80H156O17P2. The van der Waals surface area contributed by atoms with E-state index in [1.165, 1.54) is 250 Å². The summed E-state index contributed by atoms with van der Waals surface area (Å²) in [6.45, 7) is 7.33. The summed E-state index contributed by atoms with van der Waals surface area (Å²) < 4.78 is 68.6. The highest BCUT2D eigenvalue weighted by atomic mass is 31.2. The van der Waals surface area contributed by atoms with Crippen molar-refractivity contribution in [3.05, 3.63) is 0 Å². The van der Waals surface area contributed by atoms with E-state index in [4.69, 9.17) is 37.0 Å². The minimum absolute atomic E-state index is 0.107. The summed E-state index contributed by atoms with van der Waals surface area (Å²) in [7, 11) is -9.91. The molecule has 0 rings (SSSR count). The predicted octanol–water partition coefficient (Wildman–Crippen LogP) is 24.0. The average molecular weight is 1450 g/mol. The molecule has 0 saturated heterocycles. The number of rotatable bonds is 80. The zero-order chi connectivity index (χ0) is 72.7. The van der Waals surface area contributed by atoms with Crippen molar-refractivity contribution in [2.75, 3.05) is 39.6 Å². The Morgan fingerprint density at radius 3 is 0.717 bits per heavy atom. The summed E-state index contributed by atoms with van der Waals surface area (Å²) in [5, 5.41) is 10.6. The first kappa shape index (κ1) is 97.1. The summed E-state index contributed by atoms with van der Waals surface area (Å²) in [6, 6.07) is 0. The van der Waals surface area contributed by atoms with Gasteiger partial charge >= 0.3 is 39.5 Å². The number of hydrogen-bond donors (Lipinski definition) is 3. The third-order valence-electron chi connectivity index (χ3n) is 19.1. The molecule has 0 spiro atoms. The van der Waals surface area contributed by atoms with Crippen molar-refractivity contribution in [3.8, 4) is 0 Å². The molecule has 19 heteroatoms. The van der Waals surface area contributed by atoms with Gasteiger partial charge in [0.15, 0.2) is 12.2 Å². The van der Waals surface area contributed by atoms with Crippen LogP contribution in [0.5, 0.6) is 0 Å². The van der Waals surface area contributed by atoms with Crippen LogP contribution in [0.2, 0.25) is 0 Å². The molecule has 99 heavy (non-hydrogen) atoms. The predicted molar refractivity (Wildman–Crippen MR) is 405 cm³/mol. The fourth-order valence-corrected chi connectivity index (χ4v) is 14.0. The maximum Gasteiger partial charge on any atom is 0.472 e. The number of hydrogen-bond acceptors (Lipinski definition) is 15. The van der Waals surface area contributed by atoms with Crippen molar-refractivity contribution < 1.29 is 80.2 Å². The number of esters is 4. The molecule has 0 aromatic rings. The van der Waals surface area contributed by atoms with E-state index in [1.54, 1.807) is 0 Å². The Kier molecular flexibility index (Phi) is 71.6. The van der Waals surface area contributed by atoms with Gasteiger partial charge in [0.05, 0.1) is 26.4 Å². The number of carbonyl (C=O) groups is 4. The fourth-order valence-electron chi connectivity index (χ4n) is 12.4. The van der Waals surface area contributed by atoms with Crippen LogP contribution in [-0.2, 0) is 65.4 Å². The Morgan fingerprint density at radius 1 is 0.283 bits per heavy atom. The Bertz CT molecular complexity index is 1890. The van der Waals surface area contributed by atoms with Gasteiger partial charge in [-0.05, 0) is 31.6 Å². The van der Waals surface area contributed by atoms with Crippen molar-refractivity contribution in [3.63, 3.8) is 0 Å². The Labute approximate surface area is 607 Å². The molecule has 17 nitrogen and oxygen atoms in total. The lowest BCUT2D eigenvalue weighted by Crippen LogP contribution is -2.30. The largest absolute Gasteiger partial charge is 0.472 e. The van der Waals surface area contributed by atoms with Gasteiger partial charge < -0.3 is 33.8 Å². The van der Waals surface area contributed by atoms with Crippen molar-refractivity contribution in [1.29, 1.82) is 0 Å². The van der Waals surface area contributed by atoms with E-state index in [-0.39, 0.29) is 25.7 Å². The van der Waals surface area contributed by atoms with Crippen LogP contribution in [0.3, 0.4) is 0 Å². The summed E-state index contributed by atoms with van der Waals surface area (Å²) in [4.78, 5) is 72.9. The molecule has 3 unspecified atom stereocenters. The van der Waals surface area contributed by atoms with E-state index >= 15 is 0 Å². The first-order valence-electron chi connectivity index (χ1n) is 41.7. The second-order valence-electron chi connectivity index (χ2n) is 29.1. The summed E-state index contributed by atoms with van der Waals surface area (Å²) in [5.41, 5.74) is 0. The molecular weight excluding hydrogens is 1290 g/mol. The van der Waals surface area contributed by atoms with Crippen LogP contribution in [0.1, 0.15) is 426 Å². The van der Waals surface area contributed by atoms with Crippen LogP contribution >= 0.6 is 15.6 Å². The van der Waals surface area contributed by atoms with Gasteiger partial charge in [-0.1, -0.05) is 375 Å². The lowest BCUT2D eigenvalue weighted by molar-refractivity contribution is -0.161. The van der Waals surface area contributed by atoms with E-state index in [1.807, 2.05) is 0 Å². The second kappa shape index (κ2) is 73.0. The topological polar surface area (TPSA) is 237 Å². The minimum atomic E-state index is -4.96. The highest BCUT2D eigenvalue weighted by Gasteiger charge is 2.30. The van der Waals surface area contributed by atoms with Gasteiger partial charge in [0.25, 0.3) is 0 Å². The van der Waals surface area contributed by atoms with E-state index in [9.17, 15) is 43.2 Å². The van der Waals surface area contributed by atoms with Crippen molar-refractivity contribution in [2.45, 2.75) is 445 Å². The minimum Gasteiger partial charge on any atom is -0.462 e. The maximum atomic E-state index is 13.1. The van der Waals surface area contributed by atoms with Gasteiger partial charge in [0.2, 0.25) is 0 Å². The van der Waals surface area contributed by atoms with Crippen LogP contribution in [-0.4, -0.2) is 96.7 Å². The quantitative estimate of drug-likeness (QED) is 0.0222. The monoisotopic (exact) mass is 1450 g/mol. The molecule has 0 aromatic heterocycles. The molecule has 0 heterocycles. The van der Waals surface area contributed by atoms with E-state index in [0.29, 0.717) is 25.7 Å². The van der Waals surface area contributed by atoms with Crippen LogP contribution in [0.4, 0.5) is 0 Å². The number of ether oxygens (including phenoxy) is 4. The molecule has 0 aliphatic carbocycles. The zero-order valence-electron chi connectivity index (χ0n) is 64.6. The van der Waals surface area contributed by atoms with Crippen LogP contribution in [0, 0.1) is 5.92 Å². The summed E-state index contributed by atoms with van der Waals surface area (Å²) in [6.07, 6.45) is 63.8. The molecule has 0 aliphatic rings. The normalized spacial score (nSPS) is 14.1. The molecule has 6 atom stereocenters. The van der Waals surface area contributed by atoms with Crippen molar-refractivity contribution >= 4 is 39.5 Å². The first-order chi connectivity index (χ1) is 48.1. The molecule has 0 aromatic carbocycles. The van der Waals surface area contributed by atoms with Gasteiger partial charge in [-0.15, -0.1) is 0 Å². The smallest absolute Gasteiger partial charge is 0.462 e. The summed E-state index contributed by atoms with van der Waals surface area (Å²) in [5.74, 6) is -1.31. The average Bonchev–Trinajstić information content (AvgIpc) is 1.13. The first-order valence-corrected chi connectivity index (χ1v) is 44.7. The molecule has 0 bridgehead atoms. The molecule has 0 radical (unpaired) electrons. The van der Waals surface area contributed by atoms with Crippen LogP contribution < -0.4 is 0 Å². The van der Waals surface area contributed by atoms with Gasteiger partial charge in [-0.3, -0.25) is 37.3 Å². The van der Waals surface area contributed by atoms with Gasteiger partial charge in [0.1, 0.15) is 19.3 Å². The maximum absolute atomic E-state index is 13.1. The Morgan fingerprint density at radius 2 is 0.485 bits per heavy atom. The molecule has 0 aliphatic heterocycles. The summed E-state index contributed by atoms with van der Waals surface area (Å²) >= 11 is 0. The van der Waals surface area contributed by atoms with Crippen LogP contribution in [0.15, 0.2) is 0 Å². The number of aliphatic hydroxyl groups excluding tert-OH is 1. The lowest BCUT2D eigenvalue weighted by Gasteiger charge is -2.21. The molecule has 588 valence electrons. The van der Waals surface area contributed by atoms with Gasteiger partial charge in [-0.25, -0.2) is 9.13 Å². The molecule has 0 saturated carbocycles. The standard InChI is InChI=1S/C80H156O17P2/c1-6-10-13-16-19-22-24-26-28-29-30-31-32-33-35-37-39-45-50-55-60-65-79(84)96-76(70-91-78(83)64-59-54-49-44-38-36-34-27-25-23-20-17-14-11-7-2)72-95-99(88,89)93-68-74(81)67-92-98(86,87)94-71-75(69-90-77(82)63-58-53-48-42-21-18-15-12-8-3)97-80(85)66-61-56-51-46-41-40-43-47-52-57-62-73(5)9-4/h73-76,81H,6-72H2,1-5H3,(H,86,87)(H,88,89)/t73?,74-,75+,76+/m0/s1. The van der Waals surface area contributed by atoms with Crippen molar-refractivity contribution in [1.82, 2.24) is 0 Å². The van der Waals surface area contributed by atoms with Crippen molar-refractivity contribution in [2.24, 2.45) is 5.92 Å². The highest BCUT2D eigenvalue weighted by Crippen LogP contribution is 2.45. The zero-order valence-corrected chi connectivity index (χ0v) is 66.4. The lowest BCUT2D eigenvalue weighted by atomic mass is 9.99. The molecule has 3 N–H and O–H groups in total. The van der Waals surface area contributed by atoms with Gasteiger partial charge in [-0.2, -0.15) is 0 Å².